The van der Waals surface area contributed by atoms with Crippen molar-refractivity contribution in [3.63, 3.8) is 0 Å². The van der Waals surface area contributed by atoms with Crippen LogP contribution in [0.25, 0.3) is 0 Å². The van der Waals surface area contributed by atoms with Gasteiger partial charge in [0.05, 0.1) is 36.6 Å². The third-order valence-corrected chi connectivity index (χ3v) is 19.7. The predicted octanol–water partition coefficient (Wildman–Crippen LogP) is 5.39. The first-order valence-electron chi connectivity index (χ1n) is 33.8. The highest BCUT2D eigenvalue weighted by Gasteiger charge is 2.43. The van der Waals surface area contributed by atoms with Crippen molar-refractivity contribution in [3.05, 3.63) is 68.7 Å². The number of hydrogen-bond donors (Lipinski definition) is 3. The molecule has 3 N–H and O–H groups in total. The lowest BCUT2D eigenvalue weighted by Crippen LogP contribution is -2.59. The van der Waals surface area contributed by atoms with Crippen LogP contribution < -0.4 is 16.0 Å². The Labute approximate surface area is 587 Å². The first kappa shape index (κ1) is 81.3. The maximum Gasteiger partial charge on any atom is 0.417 e. The number of halogens is 5. The highest BCUT2D eigenvalue weighted by atomic mass is 79.9. The molecule has 0 radical (unpaired) electrons. The molecule has 98 heavy (non-hydrogen) atoms. The SMILES string of the molecule is CC[C@H](C)C1NC(=O)[C@H](CC(C)C)N(C)C(=O)C[C@@H](C(=O)N2CCCCC2)N(C)C(=O)[C@H](C(C)C)N(C)C(=O)CCCCNC(=O)[C@@H]2CCCN2C(=O)[C@H](CCc2ccc(C(F)(F)F)c(Cl)c2)NC(=O)CN(C)C(=O)[C@H](Cc2ccc(Br)cc2)N(C)C(=O)CN(C)C(=O)CN(C)C1=O. The van der Waals surface area contributed by atoms with Crippen LogP contribution in [0.3, 0.4) is 0 Å². The minimum Gasteiger partial charge on any atom is -0.354 e. The first-order chi connectivity index (χ1) is 46.0. The van der Waals surface area contributed by atoms with Gasteiger partial charge in [0, 0.05) is 92.8 Å². The molecular formula is C69H101BrClF3N12O12. The van der Waals surface area contributed by atoms with Crippen LogP contribution in [-0.4, -0.2) is 252 Å². The number of rotatable bonds is 11. The molecule has 8 atom stereocenters. The molecule has 1 unspecified atom stereocenters. The molecule has 3 aliphatic heterocycles. The molecular weight excluding hydrogens is 1360 g/mol. The van der Waals surface area contributed by atoms with Gasteiger partial charge in [0.15, 0.2) is 0 Å². The lowest BCUT2D eigenvalue weighted by molar-refractivity contribution is -0.154. The minimum absolute atomic E-state index is 0.0540. The molecule has 2 aromatic carbocycles. The fourth-order valence-corrected chi connectivity index (χ4v) is 13.2. The number of nitrogens with one attached hydrogen (secondary N) is 3. The van der Waals surface area contributed by atoms with Gasteiger partial charge in [-0.05, 0) is 117 Å². The minimum atomic E-state index is -4.75. The number of alkyl halides is 3. The van der Waals surface area contributed by atoms with Gasteiger partial charge < -0.3 is 60.0 Å². The lowest BCUT2D eigenvalue weighted by atomic mass is 9.95. The van der Waals surface area contributed by atoms with E-state index in [0.717, 1.165) is 42.6 Å². The molecule has 3 heterocycles. The topological polar surface area (TPSA) is 270 Å². The summed E-state index contributed by atoms with van der Waals surface area (Å²) in [5.74, 6) is -8.76. The molecule has 3 saturated heterocycles. The van der Waals surface area contributed by atoms with Crippen LogP contribution in [0, 0.1) is 17.8 Å². The Kier molecular flexibility index (Phi) is 30.8. The first-order valence-corrected chi connectivity index (χ1v) is 35.0. The third-order valence-electron chi connectivity index (χ3n) is 18.9. The number of carbonyl (C=O) groups excluding carboxylic acids is 12. The van der Waals surface area contributed by atoms with Gasteiger partial charge in [0.1, 0.15) is 42.3 Å². The number of likely N-dealkylation sites (tertiary alicyclic amines) is 1. The standard InChI is InChI=1S/C69H101BrClF3N12O12/c1-14-44(6)60-67(97)80(9)40-58(90)78(7)41-59(91)82(11)53(37-46-23-27-47(70)28-24-46)65(95)79(8)39-55(87)76-50(30-26-45-25-29-48(49(71)36-45)69(72,73)74)64(94)86-34-20-21-51(86)62(92)75-31-17-16-22-56(88)84(13)61(43(4)5)68(98)83(12)54(66(96)85-32-18-15-19-33-85)38-57(89)81(10)52(35-42(2)3)63(93)77-60/h23-25,27-29,36,42-44,50-54,60-61H,14-22,26,30-35,37-41H2,1-13H3,(H,75,92)(H,76,87)(H,77,93)/t44-,50-,51-,52-,53-,54-,60?,61-/m0/s1. The summed E-state index contributed by atoms with van der Waals surface area (Å²) >= 11 is 9.50. The smallest absolute Gasteiger partial charge is 0.354 e. The number of piperidine rings is 1. The van der Waals surface area contributed by atoms with Gasteiger partial charge in [0.25, 0.3) is 0 Å². The molecule has 0 bridgehead atoms. The van der Waals surface area contributed by atoms with E-state index in [4.69, 9.17) is 11.6 Å². The second-order valence-corrected chi connectivity index (χ2v) is 28.5. The summed E-state index contributed by atoms with van der Waals surface area (Å²) in [5, 5.41) is 7.86. The summed E-state index contributed by atoms with van der Waals surface area (Å²) < 4.78 is 41.9. The molecule has 0 saturated carbocycles. The van der Waals surface area contributed by atoms with Crippen LogP contribution in [-0.2, 0) is 76.6 Å². The monoisotopic (exact) mass is 1460 g/mol. The maximum atomic E-state index is 14.9. The molecule has 0 aromatic heterocycles. The zero-order valence-corrected chi connectivity index (χ0v) is 61.3. The van der Waals surface area contributed by atoms with E-state index in [9.17, 15) is 70.7 Å². The Balaban J connectivity index is 1.52. The largest absolute Gasteiger partial charge is 0.417 e. The number of likely N-dealkylation sites (N-methyl/N-ethyl adjacent to an activating group) is 7. The van der Waals surface area contributed by atoms with Crippen molar-refractivity contribution in [3.8, 4) is 0 Å². The number of nitrogens with zero attached hydrogens (tertiary/aromatic N) is 9. The van der Waals surface area contributed by atoms with E-state index in [1.807, 2.05) is 20.8 Å². The number of benzene rings is 2. The summed E-state index contributed by atoms with van der Waals surface area (Å²) in [4.78, 5) is 185. The van der Waals surface area contributed by atoms with Crippen LogP contribution in [0.5, 0.6) is 0 Å². The predicted molar refractivity (Wildman–Crippen MR) is 366 cm³/mol. The summed E-state index contributed by atoms with van der Waals surface area (Å²) in [6, 6.07) is 1.54. The van der Waals surface area contributed by atoms with Gasteiger partial charge in [-0.25, -0.2) is 0 Å². The zero-order valence-electron chi connectivity index (χ0n) is 59.0. The summed E-state index contributed by atoms with van der Waals surface area (Å²) in [5.41, 5.74) is -0.154. The number of aryl methyl sites for hydroxylation is 1. The average molecular weight is 1460 g/mol. The summed E-state index contributed by atoms with van der Waals surface area (Å²) in [6.45, 7) is 9.94. The van der Waals surface area contributed by atoms with Crippen LogP contribution in [0.15, 0.2) is 46.9 Å². The molecule has 5 rings (SSSR count). The molecule has 24 nitrogen and oxygen atoms in total. The Bertz CT molecular complexity index is 3170. The quantitative estimate of drug-likeness (QED) is 0.256. The van der Waals surface area contributed by atoms with Crippen molar-refractivity contribution in [1.29, 1.82) is 0 Å². The Morgan fingerprint density at radius 3 is 1.85 bits per heavy atom. The average Bonchev–Trinajstić information content (AvgIpc) is 1.15. The van der Waals surface area contributed by atoms with Crippen molar-refractivity contribution >= 4 is 98.4 Å². The Morgan fingerprint density at radius 2 is 1.24 bits per heavy atom. The highest BCUT2D eigenvalue weighted by Crippen LogP contribution is 2.35. The van der Waals surface area contributed by atoms with Gasteiger partial charge in [0.2, 0.25) is 70.9 Å². The number of hydrogen-bond acceptors (Lipinski definition) is 12. The van der Waals surface area contributed by atoms with Crippen molar-refractivity contribution in [1.82, 2.24) is 60.0 Å². The van der Waals surface area contributed by atoms with E-state index < -0.39 is 168 Å². The molecule has 544 valence electrons. The van der Waals surface area contributed by atoms with Crippen LogP contribution >= 0.6 is 27.5 Å². The van der Waals surface area contributed by atoms with E-state index in [2.05, 4.69) is 31.9 Å². The Morgan fingerprint density at radius 1 is 0.633 bits per heavy atom. The molecule has 2 aromatic rings. The van der Waals surface area contributed by atoms with Crippen molar-refractivity contribution in [2.24, 2.45) is 17.8 Å². The van der Waals surface area contributed by atoms with E-state index in [1.54, 1.807) is 49.9 Å². The number of amides is 12. The van der Waals surface area contributed by atoms with Gasteiger partial charge in [-0.15, -0.1) is 0 Å². The van der Waals surface area contributed by atoms with E-state index in [-0.39, 0.29) is 64.0 Å². The van der Waals surface area contributed by atoms with E-state index in [0.29, 0.717) is 56.3 Å². The van der Waals surface area contributed by atoms with E-state index >= 15 is 0 Å². The summed E-state index contributed by atoms with van der Waals surface area (Å²) in [6.07, 6.45) is -1.66. The molecule has 3 fully saturated rings. The molecule has 12 amide bonds. The Hall–Kier alpha value is -7.36. The van der Waals surface area contributed by atoms with Gasteiger partial charge in [-0.3, -0.25) is 57.5 Å². The highest BCUT2D eigenvalue weighted by molar-refractivity contribution is 9.10. The van der Waals surface area contributed by atoms with Crippen molar-refractivity contribution in [2.75, 3.05) is 95.1 Å². The molecule has 0 aliphatic carbocycles. The van der Waals surface area contributed by atoms with Crippen LogP contribution in [0.4, 0.5) is 13.2 Å². The lowest BCUT2D eigenvalue weighted by Gasteiger charge is -2.39. The van der Waals surface area contributed by atoms with Gasteiger partial charge >= 0.3 is 6.18 Å². The van der Waals surface area contributed by atoms with E-state index in [1.165, 1.54) is 75.0 Å². The zero-order chi connectivity index (χ0) is 73.2. The second-order valence-electron chi connectivity index (χ2n) is 27.2. The van der Waals surface area contributed by atoms with Gasteiger partial charge in [-0.2, -0.15) is 13.2 Å². The molecule has 29 heteroatoms. The van der Waals surface area contributed by atoms with Crippen molar-refractivity contribution < 1.29 is 70.7 Å². The van der Waals surface area contributed by atoms with Crippen LogP contribution in [0.2, 0.25) is 5.02 Å². The fraction of sp³-hybridized carbons (Fsp3) is 0.652. The number of fused-ring (bicyclic) bond motifs is 1. The third kappa shape index (κ3) is 22.3. The summed E-state index contributed by atoms with van der Waals surface area (Å²) in [7, 11) is 9.73. The number of carbonyl (C=O) groups is 12. The molecule has 0 spiro atoms. The molecule has 3 aliphatic rings. The van der Waals surface area contributed by atoms with Crippen LogP contribution in [0.1, 0.15) is 135 Å². The van der Waals surface area contributed by atoms with Gasteiger partial charge in [-0.1, -0.05) is 93.7 Å². The normalized spacial score (nSPS) is 24.1. The fourth-order valence-electron chi connectivity index (χ4n) is 12.6. The van der Waals surface area contributed by atoms with Crippen molar-refractivity contribution in [2.45, 2.75) is 180 Å². The maximum absolute atomic E-state index is 14.9. The second kappa shape index (κ2) is 37.2.